The first-order chi connectivity index (χ1) is 16.9. The van der Waals surface area contributed by atoms with E-state index in [1.807, 2.05) is 19.9 Å². The van der Waals surface area contributed by atoms with Gasteiger partial charge in [-0.3, -0.25) is 0 Å². The minimum Gasteiger partial charge on any atom is -0.396 e. The zero-order valence-electron chi connectivity index (χ0n) is 22.7. The predicted octanol–water partition coefficient (Wildman–Crippen LogP) is -0.165. The number of rotatable bonds is 5. The summed E-state index contributed by atoms with van der Waals surface area (Å²) in [6, 6.07) is 0. The van der Waals surface area contributed by atoms with Gasteiger partial charge in [0.1, 0.15) is 22.9 Å². The molecule has 9 nitrogen and oxygen atoms in total. The van der Waals surface area contributed by atoms with Crippen LogP contribution in [0.1, 0.15) is 73.1 Å². The molecule has 4 fully saturated rings. The molecule has 1 unspecified atom stereocenters. The summed E-state index contributed by atoms with van der Waals surface area (Å²) in [6.45, 7) is 8.52. The van der Waals surface area contributed by atoms with E-state index in [9.17, 15) is 46.0 Å². The summed E-state index contributed by atoms with van der Waals surface area (Å²) in [4.78, 5) is 0. The van der Waals surface area contributed by atoms with E-state index < -0.39 is 75.9 Å². The molecular formula is C28H48O9. The number of allylic oxidation sites excluding steroid dienone is 1. The molecule has 4 aliphatic carbocycles. The zero-order chi connectivity index (χ0) is 28.0. The summed E-state index contributed by atoms with van der Waals surface area (Å²) in [5.41, 5.74) is -9.28. The van der Waals surface area contributed by atoms with E-state index in [1.54, 1.807) is 26.8 Å². The van der Waals surface area contributed by atoms with Crippen molar-refractivity contribution in [2.75, 3.05) is 6.61 Å². The monoisotopic (exact) mass is 528 g/mol. The lowest BCUT2D eigenvalue weighted by Crippen LogP contribution is -2.83. The molecule has 0 aromatic carbocycles. The highest BCUT2D eigenvalue weighted by Gasteiger charge is 2.81. The van der Waals surface area contributed by atoms with Gasteiger partial charge in [0.05, 0.1) is 30.5 Å². The highest BCUT2D eigenvalue weighted by molar-refractivity contribution is 5.31. The van der Waals surface area contributed by atoms with E-state index in [1.165, 1.54) is 0 Å². The van der Waals surface area contributed by atoms with Crippen LogP contribution >= 0.6 is 0 Å². The van der Waals surface area contributed by atoms with Crippen molar-refractivity contribution in [3.05, 3.63) is 12.2 Å². The van der Waals surface area contributed by atoms with Crippen molar-refractivity contribution in [2.24, 2.45) is 34.5 Å². The van der Waals surface area contributed by atoms with Gasteiger partial charge < -0.3 is 46.0 Å². The average Bonchev–Trinajstić information content (AvgIpc) is 3.01. The SMILES string of the molecule is C[C@H](/C=C/[C@@H](CO)C(C)(C)O)[C@H]1C[C@H](O)[C@@]2(O)[C@]3(O)C[C@H](O)[C@@]4(O)[C@@H](O)[C@@H](O)CC[C@]4(C)C3CC[C@]12C. The number of aliphatic hydroxyl groups is 9. The fourth-order valence-corrected chi connectivity index (χ4v) is 9.26. The molecule has 0 aliphatic heterocycles. The summed E-state index contributed by atoms with van der Waals surface area (Å²) in [7, 11) is 0. The lowest BCUT2D eigenvalue weighted by molar-refractivity contribution is -0.372. The molecule has 4 aliphatic rings. The van der Waals surface area contributed by atoms with Crippen LogP contribution in [0.4, 0.5) is 0 Å². The van der Waals surface area contributed by atoms with Crippen LogP contribution in [-0.4, -0.2) is 99.4 Å². The van der Waals surface area contributed by atoms with E-state index in [-0.39, 0.29) is 37.7 Å². The third kappa shape index (κ3) is 3.62. The molecule has 0 bridgehead atoms. The Labute approximate surface area is 219 Å². The lowest BCUT2D eigenvalue weighted by atomic mass is 9.38. The van der Waals surface area contributed by atoms with Crippen molar-refractivity contribution in [3.63, 3.8) is 0 Å². The van der Waals surface area contributed by atoms with Crippen LogP contribution in [0.15, 0.2) is 12.2 Å². The van der Waals surface area contributed by atoms with Crippen LogP contribution in [0.2, 0.25) is 0 Å². The van der Waals surface area contributed by atoms with Crippen molar-refractivity contribution in [2.45, 2.75) is 120 Å². The van der Waals surface area contributed by atoms with Gasteiger partial charge in [0, 0.05) is 23.2 Å². The molecule has 0 aromatic heterocycles. The Morgan fingerprint density at radius 1 is 0.919 bits per heavy atom. The predicted molar refractivity (Wildman–Crippen MR) is 135 cm³/mol. The van der Waals surface area contributed by atoms with Gasteiger partial charge in [-0.1, -0.05) is 32.9 Å². The molecule has 0 radical (unpaired) electrons. The number of aliphatic hydroxyl groups excluding tert-OH is 5. The van der Waals surface area contributed by atoms with Crippen LogP contribution in [0.3, 0.4) is 0 Å². The third-order valence-electron chi connectivity index (χ3n) is 11.7. The quantitative estimate of drug-likeness (QED) is 0.219. The standard InChI is InChI=1S/C28H48O9/c1-15(6-7-16(14-29)23(2,3)34)17-12-20(31)28(37)24(17,4)11-9-19-25(5)10-8-18(30)22(33)27(25,36)21(32)13-26(19,28)35/h6-7,15-22,29-37H,8-14H2,1-5H3/b7-6+/t15-,16+,17-,18+,19?,20+,21+,22+,24-,25-,26+,27-,28+/m1/s1. The lowest BCUT2D eigenvalue weighted by Gasteiger charge is -2.71. The van der Waals surface area contributed by atoms with E-state index in [2.05, 4.69) is 0 Å². The van der Waals surface area contributed by atoms with Gasteiger partial charge in [0.25, 0.3) is 0 Å². The molecule has 9 N–H and O–H groups in total. The molecule has 37 heavy (non-hydrogen) atoms. The van der Waals surface area contributed by atoms with E-state index in [4.69, 9.17) is 0 Å². The van der Waals surface area contributed by atoms with Gasteiger partial charge in [-0.2, -0.15) is 0 Å². The first-order valence-corrected chi connectivity index (χ1v) is 13.8. The molecule has 214 valence electrons. The third-order valence-corrected chi connectivity index (χ3v) is 11.7. The number of fused-ring (bicyclic) bond motifs is 5. The average molecular weight is 529 g/mol. The maximum Gasteiger partial charge on any atom is 0.125 e. The second-order valence-electron chi connectivity index (χ2n) is 13.8. The Balaban J connectivity index is 1.73. The van der Waals surface area contributed by atoms with Crippen LogP contribution in [0.25, 0.3) is 0 Å². The molecule has 4 saturated carbocycles. The molecule has 13 atom stereocenters. The molecule has 4 rings (SSSR count). The summed E-state index contributed by atoms with van der Waals surface area (Å²) in [5.74, 6) is -1.65. The molecule has 0 amide bonds. The van der Waals surface area contributed by atoms with Crippen molar-refractivity contribution in [1.29, 1.82) is 0 Å². The fourth-order valence-electron chi connectivity index (χ4n) is 9.26. The van der Waals surface area contributed by atoms with Gasteiger partial charge in [-0.25, -0.2) is 0 Å². The smallest absolute Gasteiger partial charge is 0.125 e. The van der Waals surface area contributed by atoms with Crippen molar-refractivity contribution < 1.29 is 46.0 Å². The van der Waals surface area contributed by atoms with Gasteiger partial charge in [0.15, 0.2) is 0 Å². The Hall–Kier alpha value is -0.620. The number of hydrogen-bond acceptors (Lipinski definition) is 9. The summed E-state index contributed by atoms with van der Waals surface area (Å²) in [6.07, 6.45) is -1.09. The van der Waals surface area contributed by atoms with Crippen molar-refractivity contribution in [1.82, 2.24) is 0 Å². The Kier molecular flexibility index (Phi) is 7.10. The number of hydrogen-bond donors (Lipinski definition) is 9. The second kappa shape index (κ2) is 8.94. The van der Waals surface area contributed by atoms with Gasteiger partial charge in [-0.15, -0.1) is 0 Å². The zero-order valence-corrected chi connectivity index (χ0v) is 22.7. The van der Waals surface area contributed by atoms with Gasteiger partial charge in [-0.05, 0) is 63.7 Å². The normalized spacial score (nSPS) is 53.9. The molecule has 0 aromatic rings. The molecule has 0 saturated heterocycles. The topological polar surface area (TPSA) is 182 Å². The molecular weight excluding hydrogens is 480 g/mol. The maximum absolute atomic E-state index is 12.4. The summed E-state index contributed by atoms with van der Waals surface area (Å²) < 4.78 is 0. The van der Waals surface area contributed by atoms with Crippen LogP contribution in [0, 0.1) is 34.5 Å². The summed E-state index contributed by atoms with van der Waals surface area (Å²) >= 11 is 0. The van der Waals surface area contributed by atoms with Crippen LogP contribution in [0.5, 0.6) is 0 Å². The Morgan fingerprint density at radius 2 is 1.51 bits per heavy atom. The minimum atomic E-state index is -2.07. The Bertz CT molecular complexity index is 905. The van der Waals surface area contributed by atoms with E-state index in [0.29, 0.717) is 12.8 Å². The van der Waals surface area contributed by atoms with Crippen LogP contribution in [-0.2, 0) is 0 Å². The van der Waals surface area contributed by atoms with Gasteiger partial charge >= 0.3 is 0 Å². The Morgan fingerprint density at radius 3 is 2.08 bits per heavy atom. The summed E-state index contributed by atoms with van der Waals surface area (Å²) in [5, 5.41) is 100. The highest BCUT2D eigenvalue weighted by atomic mass is 16.4. The van der Waals surface area contributed by atoms with Crippen molar-refractivity contribution in [3.8, 4) is 0 Å². The molecule has 9 heteroatoms. The van der Waals surface area contributed by atoms with Crippen molar-refractivity contribution >= 4 is 0 Å². The molecule has 0 spiro atoms. The first-order valence-electron chi connectivity index (χ1n) is 13.8. The maximum atomic E-state index is 12.4. The fraction of sp³-hybridized carbons (Fsp3) is 0.929. The first kappa shape index (κ1) is 29.4. The van der Waals surface area contributed by atoms with Gasteiger partial charge in [0.2, 0.25) is 0 Å². The van der Waals surface area contributed by atoms with E-state index in [0.717, 1.165) is 0 Å². The second-order valence-corrected chi connectivity index (χ2v) is 13.8. The largest absolute Gasteiger partial charge is 0.396 e. The molecule has 0 heterocycles. The minimum absolute atomic E-state index is 0.169. The highest BCUT2D eigenvalue weighted by Crippen LogP contribution is 2.72. The van der Waals surface area contributed by atoms with Crippen LogP contribution < -0.4 is 0 Å². The van der Waals surface area contributed by atoms with E-state index >= 15 is 0 Å².